The molecule has 0 radical (unpaired) electrons. The number of benzene rings is 1. The highest BCUT2D eigenvalue weighted by atomic mass is 19.4. The summed E-state index contributed by atoms with van der Waals surface area (Å²) in [5.74, 6) is -1.30. The summed E-state index contributed by atoms with van der Waals surface area (Å²) in [6.07, 6.45) is -13.9. The van der Waals surface area contributed by atoms with Gasteiger partial charge in [-0.25, -0.2) is 9.38 Å². The zero-order chi connectivity index (χ0) is 16.9. The van der Waals surface area contributed by atoms with Crippen LogP contribution in [0.25, 0.3) is 0 Å². The van der Waals surface area contributed by atoms with Crippen LogP contribution in [0.5, 0.6) is 0 Å². The maximum Gasteiger partial charge on any atom is 0.426 e. The molecule has 10 heteroatoms. The first kappa shape index (κ1) is 16.5. The number of rotatable bonds is 1. The molecule has 2 rings (SSSR count). The van der Waals surface area contributed by atoms with Crippen LogP contribution in [0.15, 0.2) is 29.3 Å². The fourth-order valence-electron chi connectivity index (χ4n) is 2.21. The number of hydrogen-bond acceptors (Lipinski definition) is 3. The van der Waals surface area contributed by atoms with Crippen molar-refractivity contribution in [3.8, 4) is 0 Å². The molecule has 1 atom stereocenters. The topological polar surface area (TPSA) is 41.6 Å². The Hall–Kier alpha value is -1.84. The Bertz CT molecular complexity index is 574. The monoisotopic (exact) mass is 329 g/mol. The van der Waals surface area contributed by atoms with Crippen molar-refractivity contribution in [2.45, 2.75) is 24.1 Å². The molecule has 1 aromatic rings. The van der Waals surface area contributed by atoms with Crippen LogP contribution < -0.4 is 5.73 Å². The minimum Gasteiger partial charge on any atom is -0.341 e. The maximum absolute atomic E-state index is 13.1. The second kappa shape index (κ2) is 4.83. The molecule has 3 nitrogen and oxygen atoms in total. The van der Waals surface area contributed by atoms with Gasteiger partial charge in [-0.15, -0.1) is 0 Å². The van der Waals surface area contributed by atoms with Gasteiger partial charge in [0, 0.05) is 12.6 Å². The van der Waals surface area contributed by atoms with E-state index in [9.17, 15) is 30.7 Å². The molecular formula is C12H10F7N3. The van der Waals surface area contributed by atoms with Crippen LogP contribution in [0, 0.1) is 5.82 Å². The summed E-state index contributed by atoms with van der Waals surface area (Å²) in [4.78, 5) is 3.45. The van der Waals surface area contributed by atoms with E-state index in [4.69, 9.17) is 5.73 Å². The molecule has 1 heterocycles. The lowest BCUT2D eigenvalue weighted by Crippen LogP contribution is -2.66. The summed E-state index contributed by atoms with van der Waals surface area (Å²) in [5.41, 5.74) is 0.651. The highest BCUT2D eigenvalue weighted by molar-refractivity contribution is 6.00. The molecule has 1 unspecified atom stereocenters. The largest absolute Gasteiger partial charge is 0.426 e. The third kappa shape index (κ3) is 2.21. The van der Waals surface area contributed by atoms with Crippen LogP contribution in [0.1, 0.15) is 5.56 Å². The summed E-state index contributed by atoms with van der Waals surface area (Å²) < 4.78 is 91.4. The predicted octanol–water partition coefficient (Wildman–Crippen LogP) is 2.67. The van der Waals surface area contributed by atoms with Crippen molar-refractivity contribution in [2.75, 3.05) is 7.05 Å². The lowest BCUT2D eigenvalue weighted by Gasteiger charge is -2.36. The molecule has 122 valence electrons. The third-order valence-corrected chi connectivity index (χ3v) is 3.43. The average Bonchev–Trinajstić information content (AvgIpc) is 2.64. The lowest BCUT2D eigenvalue weighted by molar-refractivity contribution is -0.302. The molecule has 0 spiro atoms. The van der Waals surface area contributed by atoms with Gasteiger partial charge in [0.2, 0.25) is 0 Å². The summed E-state index contributed by atoms with van der Waals surface area (Å²) in [6, 6.07) is 3.86. The normalized spacial score (nSPS) is 22.0. The highest BCUT2D eigenvalue weighted by Gasteiger charge is 2.77. The maximum atomic E-state index is 13.1. The van der Waals surface area contributed by atoms with Gasteiger partial charge in [0.1, 0.15) is 17.8 Å². The average molecular weight is 329 g/mol. The number of alkyl halides is 6. The van der Waals surface area contributed by atoms with E-state index in [1.54, 1.807) is 0 Å². The molecule has 0 aliphatic carbocycles. The zero-order valence-corrected chi connectivity index (χ0v) is 11.0. The molecule has 1 aromatic carbocycles. The zero-order valence-electron chi connectivity index (χ0n) is 11.0. The highest BCUT2D eigenvalue weighted by Crippen LogP contribution is 2.51. The molecule has 22 heavy (non-hydrogen) atoms. The van der Waals surface area contributed by atoms with E-state index in [0.717, 1.165) is 31.3 Å². The molecule has 2 N–H and O–H groups in total. The molecule has 0 amide bonds. The van der Waals surface area contributed by atoms with Gasteiger partial charge < -0.3 is 10.6 Å². The minimum atomic E-state index is -5.74. The number of hydrogen-bond donors (Lipinski definition) is 1. The van der Waals surface area contributed by atoms with Gasteiger partial charge in [-0.3, -0.25) is 0 Å². The van der Waals surface area contributed by atoms with Gasteiger partial charge in [0.25, 0.3) is 5.54 Å². The molecule has 0 bridgehead atoms. The second-order valence-corrected chi connectivity index (χ2v) is 4.76. The third-order valence-electron chi connectivity index (χ3n) is 3.43. The SMILES string of the molecule is CN1C(c2ccc(F)cc2)=NC(C(F)(F)F)(C(F)(F)F)C1N. The van der Waals surface area contributed by atoms with Crippen molar-refractivity contribution < 1.29 is 30.7 Å². The van der Waals surface area contributed by atoms with Crippen molar-refractivity contribution >= 4 is 5.84 Å². The fourth-order valence-corrected chi connectivity index (χ4v) is 2.21. The van der Waals surface area contributed by atoms with E-state index >= 15 is 0 Å². The summed E-state index contributed by atoms with van der Waals surface area (Å²) in [7, 11) is 0.964. The van der Waals surface area contributed by atoms with Gasteiger partial charge in [-0.1, -0.05) is 0 Å². The minimum absolute atomic E-state index is 0.102. The van der Waals surface area contributed by atoms with Gasteiger partial charge >= 0.3 is 12.4 Å². The lowest BCUT2D eigenvalue weighted by atomic mass is 9.95. The van der Waals surface area contributed by atoms with Crippen LogP contribution in [0.3, 0.4) is 0 Å². The van der Waals surface area contributed by atoms with Gasteiger partial charge in [0.15, 0.2) is 0 Å². The first-order valence-electron chi connectivity index (χ1n) is 5.89. The van der Waals surface area contributed by atoms with E-state index in [1.807, 2.05) is 0 Å². The van der Waals surface area contributed by atoms with Crippen molar-refractivity contribution in [1.82, 2.24) is 4.90 Å². The Morgan fingerprint density at radius 2 is 1.50 bits per heavy atom. The molecule has 0 saturated carbocycles. The van der Waals surface area contributed by atoms with Crippen molar-refractivity contribution in [3.63, 3.8) is 0 Å². The molecule has 0 saturated heterocycles. The number of nitrogens with two attached hydrogens (primary N) is 1. The van der Waals surface area contributed by atoms with Crippen LogP contribution in [0.2, 0.25) is 0 Å². The smallest absolute Gasteiger partial charge is 0.341 e. The number of aliphatic imine (C=N–C) groups is 1. The number of amidine groups is 1. The second-order valence-electron chi connectivity index (χ2n) is 4.76. The molecule has 0 fully saturated rings. The van der Waals surface area contributed by atoms with E-state index in [0.29, 0.717) is 4.90 Å². The van der Waals surface area contributed by atoms with Crippen molar-refractivity contribution in [2.24, 2.45) is 10.7 Å². The quantitative estimate of drug-likeness (QED) is 0.805. The Morgan fingerprint density at radius 1 is 1.05 bits per heavy atom. The first-order valence-corrected chi connectivity index (χ1v) is 5.89. The van der Waals surface area contributed by atoms with Crippen molar-refractivity contribution in [3.05, 3.63) is 35.6 Å². The van der Waals surface area contributed by atoms with Gasteiger partial charge in [0.05, 0.1) is 0 Å². The standard InChI is InChI=1S/C12H10F7N3/c1-22-8(6-2-4-7(13)5-3-6)21-10(9(22)20,11(14,15)16)12(17,18)19/h2-5,9H,20H2,1H3. The van der Waals surface area contributed by atoms with E-state index in [1.165, 1.54) is 0 Å². The summed E-state index contributed by atoms with van der Waals surface area (Å²) >= 11 is 0. The molecule has 1 aliphatic rings. The Balaban J connectivity index is 2.64. The molecule has 1 aliphatic heterocycles. The summed E-state index contributed by atoms with van der Waals surface area (Å²) in [6.45, 7) is 0. The van der Waals surface area contributed by atoms with Crippen LogP contribution in [0.4, 0.5) is 30.7 Å². The van der Waals surface area contributed by atoms with Crippen molar-refractivity contribution in [1.29, 1.82) is 0 Å². The number of nitrogens with zero attached hydrogens (tertiary/aromatic N) is 2. The Labute approximate surface area is 120 Å². The van der Waals surface area contributed by atoms with Crippen LogP contribution >= 0.6 is 0 Å². The Kier molecular flexibility index (Phi) is 3.63. The summed E-state index contributed by atoms with van der Waals surface area (Å²) in [5, 5.41) is 0. The van der Waals surface area contributed by atoms with Crippen LogP contribution in [-0.2, 0) is 0 Å². The molecular weight excluding hydrogens is 319 g/mol. The van der Waals surface area contributed by atoms with E-state index in [2.05, 4.69) is 4.99 Å². The fraction of sp³-hybridized carbons (Fsp3) is 0.417. The van der Waals surface area contributed by atoms with Gasteiger partial charge in [-0.05, 0) is 24.3 Å². The van der Waals surface area contributed by atoms with E-state index in [-0.39, 0.29) is 5.56 Å². The number of likely N-dealkylation sites (N-methyl/N-ethyl adjacent to an activating group) is 1. The molecule has 0 aromatic heterocycles. The van der Waals surface area contributed by atoms with E-state index < -0.39 is 35.7 Å². The number of halogens is 7. The van der Waals surface area contributed by atoms with Gasteiger partial charge in [-0.2, -0.15) is 26.3 Å². The predicted molar refractivity (Wildman–Crippen MR) is 63.5 cm³/mol. The van der Waals surface area contributed by atoms with Crippen LogP contribution in [-0.4, -0.2) is 41.8 Å². The first-order chi connectivity index (χ1) is 9.92. The Morgan fingerprint density at radius 3 is 1.86 bits per heavy atom.